The number of ether oxygens (including phenoxy) is 1. The second-order valence-electron chi connectivity index (χ2n) is 7.06. The molecule has 1 atom stereocenters. The molecule has 0 spiro atoms. The van der Waals surface area contributed by atoms with E-state index >= 15 is 0 Å². The number of carbonyl (C=O) groups is 1. The molecule has 1 aliphatic heterocycles. The minimum Gasteiger partial charge on any atom is -0.444 e. The maximum absolute atomic E-state index is 12.9. The van der Waals surface area contributed by atoms with Crippen LogP contribution in [-0.2, 0) is 14.6 Å². The average molecular weight is 383 g/mol. The number of hydrogen-bond acceptors (Lipinski definition) is 7. The number of likely N-dealkylation sites (tertiary alicyclic amines) is 1. The van der Waals surface area contributed by atoms with Crippen molar-refractivity contribution >= 4 is 42.6 Å². The van der Waals surface area contributed by atoms with Gasteiger partial charge in [-0.05, 0) is 45.4 Å². The highest BCUT2D eigenvalue weighted by Crippen LogP contribution is 2.30. The molecule has 0 bridgehead atoms. The van der Waals surface area contributed by atoms with E-state index in [-0.39, 0.29) is 11.4 Å². The highest BCUT2D eigenvalue weighted by Gasteiger charge is 2.37. The highest BCUT2D eigenvalue weighted by atomic mass is 32.2. The second kappa shape index (κ2) is 6.14. The van der Waals surface area contributed by atoms with Gasteiger partial charge in [-0.1, -0.05) is 11.3 Å². The number of sulfone groups is 1. The summed E-state index contributed by atoms with van der Waals surface area (Å²) >= 11 is 1.25. The van der Waals surface area contributed by atoms with Crippen LogP contribution in [0.15, 0.2) is 23.1 Å². The van der Waals surface area contributed by atoms with Gasteiger partial charge in [-0.15, -0.1) is 0 Å². The van der Waals surface area contributed by atoms with Gasteiger partial charge in [-0.25, -0.2) is 18.2 Å². The summed E-state index contributed by atoms with van der Waals surface area (Å²) in [7, 11) is -3.54. The lowest BCUT2D eigenvalue weighted by atomic mass is 10.2. The van der Waals surface area contributed by atoms with E-state index in [2.05, 4.69) is 4.98 Å². The molecule has 1 aromatic carbocycles. The number of nitrogen functional groups attached to an aromatic ring is 1. The second-order valence-corrected chi connectivity index (χ2v) is 10.4. The number of nitrogens with two attached hydrogens (primary N) is 1. The lowest BCUT2D eigenvalue weighted by Crippen LogP contribution is -2.36. The molecule has 3 rings (SSSR count). The van der Waals surface area contributed by atoms with E-state index in [0.29, 0.717) is 23.6 Å². The van der Waals surface area contributed by atoms with E-state index in [1.165, 1.54) is 16.2 Å². The largest absolute Gasteiger partial charge is 0.444 e. The molecule has 2 heterocycles. The van der Waals surface area contributed by atoms with E-state index in [0.717, 1.165) is 4.70 Å². The van der Waals surface area contributed by atoms with E-state index in [1.807, 2.05) is 0 Å². The van der Waals surface area contributed by atoms with E-state index < -0.39 is 26.8 Å². The van der Waals surface area contributed by atoms with Crippen LogP contribution in [0, 0.1) is 0 Å². The number of anilines is 1. The monoisotopic (exact) mass is 383 g/mol. The van der Waals surface area contributed by atoms with Crippen molar-refractivity contribution in [3.8, 4) is 0 Å². The van der Waals surface area contributed by atoms with Crippen molar-refractivity contribution in [2.24, 2.45) is 0 Å². The standard InChI is InChI=1S/C16H21N3O4S2/c1-16(2,3)23-15(20)19-7-6-11(9-19)25(21,22)10-4-5-12-13(8-10)24-14(17)18-12/h4-5,8,11H,6-7,9H2,1-3H3,(H2,17,18). The first-order chi connectivity index (χ1) is 11.6. The summed E-state index contributed by atoms with van der Waals surface area (Å²) in [6.45, 7) is 5.86. The molecule has 0 radical (unpaired) electrons. The molecule has 2 aromatic rings. The Labute approximate surface area is 150 Å². The number of benzene rings is 1. The van der Waals surface area contributed by atoms with E-state index in [9.17, 15) is 13.2 Å². The first-order valence-corrected chi connectivity index (χ1v) is 10.3. The Kier molecular flexibility index (Phi) is 4.40. The molecule has 1 unspecified atom stereocenters. The third-order valence-electron chi connectivity index (χ3n) is 3.94. The fourth-order valence-corrected chi connectivity index (χ4v) is 5.33. The topological polar surface area (TPSA) is 103 Å². The van der Waals surface area contributed by atoms with Crippen molar-refractivity contribution in [1.82, 2.24) is 9.88 Å². The fourth-order valence-electron chi connectivity index (χ4n) is 2.77. The Morgan fingerprint density at radius 2 is 2.12 bits per heavy atom. The molecule has 0 aliphatic carbocycles. The Balaban J connectivity index is 1.79. The lowest BCUT2D eigenvalue weighted by molar-refractivity contribution is 0.0295. The van der Waals surface area contributed by atoms with Gasteiger partial charge in [0.2, 0.25) is 0 Å². The molecule has 1 aliphatic rings. The number of rotatable bonds is 2. The number of carbonyl (C=O) groups excluding carboxylic acids is 1. The number of thiazole rings is 1. The minimum atomic E-state index is -3.54. The summed E-state index contributed by atoms with van der Waals surface area (Å²) in [6, 6.07) is 4.82. The van der Waals surface area contributed by atoms with Crippen LogP contribution in [0.5, 0.6) is 0 Å². The molecular weight excluding hydrogens is 362 g/mol. The summed E-state index contributed by atoms with van der Waals surface area (Å²) in [5.74, 6) is 0. The third kappa shape index (κ3) is 3.72. The third-order valence-corrected chi connectivity index (χ3v) is 6.96. The van der Waals surface area contributed by atoms with Crippen LogP contribution < -0.4 is 5.73 Å². The fraction of sp³-hybridized carbons (Fsp3) is 0.500. The molecule has 1 aromatic heterocycles. The first kappa shape index (κ1) is 17.9. The summed E-state index contributed by atoms with van der Waals surface area (Å²) in [5.41, 5.74) is 5.75. The Bertz CT molecular complexity index is 915. The van der Waals surface area contributed by atoms with Crippen molar-refractivity contribution in [2.45, 2.75) is 42.9 Å². The maximum atomic E-state index is 12.9. The zero-order chi connectivity index (χ0) is 18.4. The average Bonchev–Trinajstić information content (AvgIpc) is 3.10. The summed E-state index contributed by atoms with van der Waals surface area (Å²) in [6.07, 6.45) is -0.0827. The molecule has 1 fully saturated rings. The summed E-state index contributed by atoms with van der Waals surface area (Å²) in [5, 5.41) is -0.232. The van der Waals surface area contributed by atoms with Crippen molar-refractivity contribution < 1.29 is 17.9 Å². The van der Waals surface area contributed by atoms with Gasteiger partial charge < -0.3 is 15.4 Å². The molecule has 2 N–H and O–H groups in total. The number of hydrogen-bond donors (Lipinski definition) is 1. The van der Waals surface area contributed by atoms with Gasteiger partial charge in [0, 0.05) is 13.1 Å². The molecule has 1 saturated heterocycles. The molecule has 9 heteroatoms. The number of fused-ring (bicyclic) bond motifs is 1. The van der Waals surface area contributed by atoms with Gasteiger partial charge in [0.15, 0.2) is 15.0 Å². The summed E-state index contributed by atoms with van der Waals surface area (Å²) < 4.78 is 31.9. The van der Waals surface area contributed by atoms with Gasteiger partial charge in [0.05, 0.1) is 20.4 Å². The Morgan fingerprint density at radius 1 is 1.40 bits per heavy atom. The van der Waals surface area contributed by atoms with E-state index in [4.69, 9.17) is 10.5 Å². The Hall–Kier alpha value is -1.87. The lowest BCUT2D eigenvalue weighted by Gasteiger charge is -2.24. The van der Waals surface area contributed by atoms with Crippen molar-refractivity contribution in [3.05, 3.63) is 18.2 Å². The molecule has 25 heavy (non-hydrogen) atoms. The van der Waals surface area contributed by atoms with Crippen LogP contribution in [0.3, 0.4) is 0 Å². The zero-order valence-corrected chi connectivity index (χ0v) is 16.0. The van der Waals surface area contributed by atoms with E-state index in [1.54, 1.807) is 39.0 Å². The predicted molar refractivity (Wildman–Crippen MR) is 97.4 cm³/mol. The SMILES string of the molecule is CC(C)(C)OC(=O)N1CCC(S(=O)(=O)c2ccc3nc(N)sc3c2)C1. The summed E-state index contributed by atoms with van der Waals surface area (Å²) in [4.78, 5) is 18.0. The maximum Gasteiger partial charge on any atom is 0.410 e. The molecule has 136 valence electrons. The molecular formula is C16H21N3O4S2. The number of aromatic nitrogens is 1. The normalized spacial score (nSPS) is 18.7. The van der Waals surface area contributed by atoms with Crippen LogP contribution in [0.4, 0.5) is 9.93 Å². The minimum absolute atomic E-state index is 0.139. The van der Waals surface area contributed by atoms with Gasteiger partial charge >= 0.3 is 6.09 Å². The van der Waals surface area contributed by atoms with Crippen molar-refractivity contribution in [3.63, 3.8) is 0 Å². The van der Waals surface area contributed by atoms with Crippen LogP contribution >= 0.6 is 11.3 Å². The van der Waals surface area contributed by atoms with Crippen molar-refractivity contribution in [2.75, 3.05) is 18.8 Å². The van der Waals surface area contributed by atoms with Crippen LogP contribution in [0.2, 0.25) is 0 Å². The van der Waals surface area contributed by atoms with Gasteiger partial charge in [-0.2, -0.15) is 0 Å². The van der Waals surface area contributed by atoms with Crippen LogP contribution in [0.25, 0.3) is 10.2 Å². The van der Waals surface area contributed by atoms with Gasteiger partial charge in [-0.3, -0.25) is 0 Å². The predicted octanol–water partition coefficient (Wildman–Crippen LogP) is 2.66. The quantitative estimate of drug-likeness (QED) is 0.855. The van der Waals surface area contributed by atoms with Crippen LogP contribution in [0.1, 0.15) is 27.2 Å². The highest BCUT2D eigenvalue weighted by molar-refractivity contribution is 7.92. The number of nitrogens with zero attached hydrogens (tertiary/aromatic N) is 2. The Morgan fingerprint density at radius 3 is 2.80 bits per heavy atom. The number of amides is 1. The molecule has 1 amide bonds. The van der Waals surface area contributed by atoms with Crippen molar-refractivity contribution in [1.29, 1.82) is 0 Å². The van der Waals surface area contributed by atoms with Gasteiger partial charge in [0.1, 0.15) is 5.60 Å². The molecule has 7 nitrogen and oxygen atoms in total. The first-order valence-electron chi connectivity index (χ1n) is 7.94. The van der Waals surface area contributed by atoms with Crippen LogP contribution in [-0.4, -0.2) is 48.3 Å². The zero-order valence-electron chi connectivity index (χ0n) is 14.4. The molecule has 0 saturated carbocycles. The smallest absolute Gasteiger partial charge is 0.410 e. The van der Waals surface area contributed by atoms with Gasteiger partial charge in [0.25, 0.3) is 0 Å².